The summed E-state index contributed by atoms with van der Waals surface area (Å²) in [5, 5.41) is 19.3. The Bertz CT molecular complexity index is 221. The molecule has 0 radical (unpaired) electrons. The standard InChI is InChI=1S/C12H22O3/c1-3-12(4-2,11(14)15)9-7-5-6-8-10(9)13/h9-10,13H,3-8H2,1-2H3,(H,14,15). The molecule has 0 amide bonds. The summed E-state index contributed by atoms with van der Waals surface area (Å²) in [6, 6.07) is 0. The van der Waals surface area contributed by atoms with Crippen molar-refractivity contribution in [3.05, 3.63) is 0 Å². The highest BCUT2D eigenvalue weighted by atomic mass is 16.4. The molecule has 15 heavy (non-hydrogen) atoms. The SMILES string of the molecule is CCC(CC)(C(=O)O)C1CCCCC1O. The fourth-order valence-corrected chi connectivity index (χ4v) is 2.99. The zero-order valence-corrected chi connectivity index (χ0v) is 9.70. The van der Waals surface area contributed by atoms with Crippen molar-refractivity contribution in [2.45, 2.75) is 58.5 Å². The van der Waals surface area contributed by atoms with Crippen molar-refractivity contribution < 1.29 is 15.0 Å². The fraction of sp³-hybridized carbons (Fsp3) is 0.917. The topological polar surface area (TPSA) is 57.5 Å². The maximum atomic E-state index is 11.4. The molecule has 0 aromatic carbocycles. The lowest BCUT2D eigenvalue weighted by atomic mass is 9.64. The van der Waals surface area contributed by atoms with E-state index in [1.807, 2.05) is 13.8 Å². The van der Waals surface area contributed by atoms with Gasteiger partial charge in [0.1, 0.15) is 0 Å². The van der Waals surface area contributed by atoms with Crippen LogP contribution in [0.3, 0.4) is 0 Å². The minimum atomic E-state index is -0.738. The lowest BCUT2D eigenvalue weighted by molar-refractivity contribution is -0.158. The lowest BCUT2D eigenvalue weighted by Crippen LogP contribution is -2.45. The largest absolute Gasteiger partial charge is 0.481 e. The number of aliphatic hydroxyl groups is 1. The maximum absolute atomic E-state index is 11.4. The van der Waals surface area contributed by atoms with Gasteiger partial charge in [0.15, 0.2) is 0 Å². The fourth-order valence-electron chi connectivity index (χ4n) is 2.99. The molecule has 0 aromatic heterocycles. The van der Waals surface area contributed by atoms with Gasteiger partial charge in [0, 0.05) is 5.92 Å². The van der Waals surface area contributed by atoms with Gasteiger partial charge in [-0.1, -0.05) is 26.7 Å². The first kappa shape index (κ1) is 12.5. The van der Waals surface area contributed by atoms with E-state index in [1.165, 1.54) is 0 Å². The number of aliphatic carboxylic acids is 1. The van der Waals surface area contributed by atoms with Gasteiger partial charge >= 0.3 is 5.97 Å². The molecule has 1 aliphatic carbocycles. The Kier molecular flexibility index (Phi) is 4.14. The zero-order chi connectivity index (χ0) is 11.5. The summed E-state index contributed by atoms with van der Waals surface area (Å²) < 4.78 is 0. The maximum Gasteiger partial charge on any atom is 0.309 e. The molecule has 1 fully saturated rings. The summed E-state index contributed by atoms with van der Waals surface area (Å²) in [5.74, 6) is -0.794. The van der Waals surface area contributed by atoms with Gasteiger partial charge < -0.3 is 10.2 Å². The third kappa shape index (κ3) is 2.17. The van der Waals surface area contributed by atoms with Crippen LogP contribution in [0.4, 0.5) is 0 Å². The van der Waals surface area contributed by atoms with E-state index in [1.54, 1.807) is 0 Å². The van der Waals surface area contributed by atoms with Crippen LogP contribution in [0.25, 0.3) is 0 Å². The van der Waals surface area contributed by atoms with Crippen LogP contribution in [0, 0.1) is 11.3 Å². The normalized spacial score (nSPS) is 27.7. The van der Waals surface area contributed by atoms with E-state index >= 15 is 0 Å². The molecule has 2 atom stereocenters. The molecule has 2 unspecified atom stereocenters. The Balaban J connectivity index is 2.91. The van der Waals surface area contributed by atoms with Crippen LogP contribution < -0.4 is 0 Å². The number of carboxylic acid groups (broad SMARTS) is 1. The summed E-state index contributed by atoms with van der Waals surface area (Å²) in [4.78, 5) is 11.4. The van der Waals surface area contributed by atoms with Crippen LogP contribution in [0.2, 0.25) is 0 Å². The van der Waals surface area contributed by atoms with E-state index in [0.717, 1.165) is 25.7 Å². The van der Waals surface area contributed by atoms with E-state index in [-0.39, 0.29) is 5.92 Å². The summed E-state index contributed by atoms with van der Waals surface area (Å²) >= 11 is 0. The summed E-state index contributed by atoms with van der Waals surface area (Å²) in [7, 11) is 0. The minimum absolute atomic E-state index is 0.0567. The van der Waals surface area contributed by atoms with E-state index in [9.17, 15) is 15.0 Å². The van der Waals surface area contributed by atoms with Crippen LogP contribution in [0.5, 0.6) is 0 Å². The number of hydrogen-bond acceptors (Lipinski definition) is 2. The van der Waals surface area contributed by atoms with Gasteiger partial charge in [0.2, 0.25) is 0 Å². The molecule has 0 aromatic rings. The van der Waals surface area contributed by atoms with Gasteiger partial charge in [0.25, 0.3) is 0 Å². The van der Waals surface area contributed by atoms with Crippen molar-refractivity contribution in [1.82, 2.24) is 0 Å². The molecular formula is C12H22O3. The molecule has 1 saturated carbocycles. The van der Waals surface area contributed by atoms with Crippen molar-refractivity contribution in [3.8, 4) is 0 Å². The summed E-state index contributed by atoms with van der Waals surface area (Å²) in [5.41, 5.74) is -0.708. The Hall–Kier alpha value is -0.570. The molecule has 0 saturated heterocycles. The number of carbonyl (C=O) groups is 1. The molecule has 1 rings (SSSR count). The van der Waals surface area contributed by atoms with Gasteiger partial charge in [-0.05, 0) is 25.7 Å². The molecular weight excluding hydrogens is 192 g/mol. The van der Waals surface area contributed by atoms with Crippen molar-refractivity contribution >= 4 is 5.97 Å². The monoisotopic (exact) mass is 214 g/mol. The first-order chi connectivity index (χ1) is 7.08. The van der Waals surface area contributed by atoms with Crippen LogP contribution >= 0.6 is 0 Å². The highest BCUT2D eigenvalue weighted by Crippen LogP contribution is 2.43. The Labute approximate surface area is 91.5 Å². The van der Waals surface area contributed by atoms with Crippen LogP contribution in [0.1, 0.15) is 52.4 Å². The Morgan fingerprint density at radius 1 is 1.27 bits per heavy atom. The average molecular weight is 214 g/mol. The highest BCUT2D eigenvalue weighted by molar-refractivity contribution is 5.75. The van der Waals surface area contributed by atoms with Crippen molar-refractivity contribution in [1.29, 1.82) is 0 Å². The number of rotatable bonds is 4. The predicted octanol–water partition coefficient (Wildman–Crippen LogP) is 2.43. The highest BCUT2D eigenvalue weighted by Gasteiger charge is 2.46. The molecule has 1 aliphatic rings. The van der Waals surface area contributed by atoms with Gasteiger partial charge in [0.05, 0.1) is 11.5 Å². The van der Waals surface area contributed by atoms with Crippen molar-refractivity contribution in [2.24, 2.45) is 11.3 Å². The number of aliphatic hydroxyl groups excluding tert-OH is 1. The molecule has 2 N–H and O–H groups in total. The smallest absolute Gasteiger partial charge is 0.309 e. The number of hydrogen-bond donors (Lipinski definition) is 2. The van der Waals surface area contributed by atoms with Gasteiger partial charge in [-0.2, -0.15) is 0 Å². The number of carboxylic acids is 1. The second-order valence-corrected chi connectivity index (χ2v) is 4.63. The molecule has 0 heterocycles. The second kappa shape index (κ2) is 4.97. The molecule has 0 bridgehead atoms. The first-order valence-electron chi connectivity index (χ1n) is 6.00. The molecule has 0 spiro atoms. The second-order valence-electron chi connectivity index (χ2n) is 4.63. The Morgan fingerprint density at radius 3 is 2.20 bits per heavy atom. The van der Waals surface area contributed by atoms with Gasteiger partial charge in [-0.15, -0.1) is 0 Å². The van der Waals surface area contributed by atoms with Crippen molar-refractivity contribution in [2.75, 3.05) is 0 Å². The third-order valence-electron chi connectivity index (χ3n) is 4.13. The van der Waals surface area contributed by atoms with Crippen molar-refractivity contribution in [3.63, 3.8) is 0 Å². The zero-order valence-electron chi connectivity index (χ0n) is 9.70. The molecule has 88 valence electrons. The van der Waals surface area contributed by atoms with Crippen LogP contribution in [-0.2, 0) is 4.79 Å². The molecule has 3 nitrogen and oxygen atoms in total. The van der Waals surface area contributed by atoms with Crippen LogP contribution in [0.15, 0.2) is 0 Å². The average Bonchev–Trinajstić information content (AvgIpc) is 2.22. The van der Waals surface area contributed by atoms with E-state index in [2.05, 4.69) is 0 Å². The molecule has 3 heteroatoms. The summed E-state index contributed by atoms with van der Waals surface area (Å²) in [6.07, 6.45) is 4.50. The third-order valence-corrected chi connectivity index (χ3v) is 4.13. The predicted molar refractivity (Wildman–Crippen MR) is 58.6 cm³/mol. The Morgan fingerprint density at radius 2 is 1.80 bits per heavy atom. The minimum Gasteiger partial charge on any atom is -0.481 e. The van der Waals surface area contributed by atoms with Gasteiger partial charge in [-0.3, -0.25) is 4.79 Å². The van der Waals surface area contributed by atoms with E-state index in [4.69, 9.17) is 0 Å². The summed E-state index contributed by atoms with van der Waals surface area (Å²) in [6.45, 7) is 3.83. The van der Waals surface area contributed by atoms with E-state index < -0.39 is 17.5 Å². The first-order valence-corrected chi connectivity index (χ1v) is 6.00. The van der Waals surface area contributed by atoms with Gasteiger partial charge in [-0.25, -0.2) is 0 Å². The quantitative estimate of drug-likeness (QED) is 0.755. The lowest BCUT2D eigenvalue weighted by Gasteiger charge is -2.41. The molecule has 0 aliphatic heterocycles. The van der Waals surface area contributed by atoms with E-state index in [0.29, 0.717) is 12.8 Å². The van der Waals surface area contributed by atoms with Crippen LogP contribution in [-0.4, -0.2) is 22.3 Å².